The molecule has 22 heavy (non-hydrogen) atoms. The summed E-state index contributed by atoms with van der Waals surface area (Å²) in [7, 11) is 0. The van der Waals surface area contributed by atoms with Crippen LogP contribution in [0, 0.1) is 5.82 Å². The Balaban J connectivity index is 1.86. The van der Waals surface area contributed by atoms with E-state index in [4.69, 9.17) is 10.7 Å². The fraction of sp³-hybridized carbons (Fsp3) is 0.235. The number of nitrogens with two attached hydrogens (primary N) is 1. The first-order chi connectivity index (χ1) is 10.6. The van der Waals surface area contributed by atoms with E-state index in [1.165, 1.54) is 12.1 Å². The molecule has 1 aromatic carbocycles. The Bertz CT molecular complexity index is 791. The Morgan fingerprint density at radius 1 is 1.32 bits per heavy atom. The lowest BCUT2D eigenvalue weighted by atomic mass is 9.95. The van der Waals surface area contributed by atoms with E-state index in [2.05, 4.69) is 35.8 Å². The molecule has 2 aromatic rings. The fourth-order valence-corrected chi connectivity index (χ4v) is 4.48. The van der Waals surface area contributed by atoms with E-state index >= 15 is 0 Å². The van der Waals surface area contributed by atoms with Crippen molar-refractivity contribution in [1.29, 1.82) is 0 Å². The van der Waals surface area contributed by atoms with Crippen molar-refractivity contribution in [2.24, 2.45) is 5.73 Å². The third-order valence-electron chi connectivity index (χ3n) is 4.30. The highest BCUT2D eigenvalue weighted by molar-refractivity contribution is 8.01. The van der Waals surface area contributed by atoms with Crippen molar-refractivity contribution in [3.63, 3.8) is 0 Å². The molecule has 0 saturated heterocycles. The predicted molar refractivity (Wildman–Crippen MR) is 87.1 cm³/mol. The minimum absolute atomic E-state index is 0.0116. The van der Waals surface area contributed by atoms with Crippen LogP contribution in [0.4, 0.5) is 4.39 Å². The molecule has 1 aromatic heterocycles. The normalized spacial score (nSPS) is 25.3. The van der Waals surface area contributed by atoms with Crippen molar-refractivity contribution in [2.45, 2.75) is 29.4 Å². The van der Waals surface area contributed by atoms with E-state index in [-0.39, 0.29) is 16.6 Å². The molecule has 2 heterocycles. The molecule has 2 atom stereocenters. The molecular formula is C17H16FN3S. The zero-order valence-corrected chi connectivity index (χ0v) is 13.0. The second kappa shape index (κ2) is 4.83. The van der Waals surface area contributed by atoms with E-state index < -0.39 is 0 Å². The van der Waals surface area contributed by atoms with Crippen molar-refractivity contribution in [2.75, 3.05) is 0 Å². The minimum atomic E-state index is -0.243. The Labute approximate surface area is 132 Å². The van der Waals surface area contributed by atoms with Gasteiger partial charge in [-0.2, -0.15) is 0 Å². The van der Waals surface area contributed by atoms with Gasteiger partial charge in [0.1, 0.15) is 5.82 Å². The Morgan fingerprint density at radius 2 is 2.09 bits per heavy atom. The molecule has 0 spiro atoms. The highest BCUT2D eigenvalue weighted by Crippen LogP contribution is 2.53. The predicted octanol–water partition coefficient (Wildman–Crippen LogP) is 3.68. The summed E-state index contributed by atoms with van der Waals surface area (Å²) >= 11 is 1.75. The molecular weight excluding hydrogens is 297 g/mol. The maximum Gasteiger partial charge on any atom is 0.170 e. The van der Waals surface area contributed by atoms with Crippen LogP contribution >= 0.6 is 11.8 Å². The smallest absolute Gasteiger partial charge is 0.170 e. The van der Waals surface area contributed by atoms with E-state index in [0.29, 0.717) is 6.54 Å². The lowest BCUT2D eigenvalue weighted by molar-refractivity contribution is 0.503. The molecule has 2 N–H and O–H groups in total. The number of hydrogen-bond acceptors (Lipinski definition) is 3. The van der Waals surface area contributed by atoms with Gasteiger partial charge in [0.2, 0.25) is 0 Å². The zero-order valence-electron chi connectivity index (χ0n) is 12.2. The molecule has 2 aliphatic rings. The molecule has 2 unspecified atom stereocenters. The second-order valence-electron chi connectivity index (χ2n) is 5.75. The SMILES string of the molecule is CC12C=CC=CC1n1c(nc(-c3ccc(F)cc3)c1CN)S2. The Morgan fingerprint density at radius 3 is 2.82 bits per heavy atom. The number of benzene rings is 1. The Kier molecular flexibility index (Phi) is 3.03. The summed E-state index contributed by atoms with van der Waals surface area (Å²) in [5, 5.41) is 0.975. The van der Waals surface area contributed by atoms with Crippen LogP contribution in [-0.4, -0.2) is 14.3 Å². The molecule has 112 valence electrons. The molecule has 0 saturated carbocycles. The van der Waals surface area contributed by atoms with Crippen LogP contribution < -0.4 is 5.73 Å². The van der Waals surface area contributed by atoms with Gasteiger partial charge in [-0.3, -0.25) is 0 Å². The van der Waals surface area contributed by atoms with Crippen LogP contribution in [0.5, 0.6) is 0 Å². The van der Waals surface area contributed by atoms with Crippen LogP contribution in [-0.2, 0) is 6.54 Å². The van der Waals surface area contributed by atoms with Gasteiger partial charge in [-0.15, -0.1) is 0 Å². The molecule has 0 amide bonds. The van der Waals surface area contributed by atoms with Gasteiger partial charge >= 0.3 is 0 Å². The number of imidazole rings is 1. The quantitative estimate of drug-likeness (QED) is 0.920. The van der Waals surface area contributed by atoms with Gasteiger partial charge in [-0.05, 0) is 31.2 Å². The average molecular weight is 313 g/mol. The van der Waals surface area contributed by atoms with E-state index in [0.717, 1.165) is 22.1 Å². The summed E-state index contributed by atoms with van der Waals surface area (Å²) in [5.74, 6) is -0.243. The number of fused-ring (bicyclic) bond motifs is 3. The largest absolute Gasteiger partial charge is 0.325 e. The van der Waals surface area contributed by atoms with Gasteiger partial charge in [-0.25, -0.2) is 9.37 Å². The molecule has 0 radical (unpaired) electrons. The lowest BCUT2D eigenvalue weighted by Gasteiger charge is -2.28. The van der Waals surface area contributed by atoms with Gasteiger partial charge in [0.15, 0.2) is 5.16 Å². The summed E-state index contributed by atoms with van der Waals surface area (Å²) < 4.78 is 15.4. The van der Waals surface area contributed by atoms with Crippen LogP contribution in [0.15, 0.2) is 53.7 Å². The number of hydrogen-bond donors (Lipinski definition) is 1. The summed E-state index contributed by atoms with van der Waals surface area (Å²) in [6.45, 7) is 2.62. The van der Waals surface area contributed by atoms with Crippen LogP contribution in [0.25, 0.3) is 11.3 Å². The number of nitrogens with zero attached hydrogens (tertiary/aromatic N) is 2. The van der Waals surface area contributed by atoms with Crippen LogP contribution in [0.3, 0.4) is 0 Å². The number of rotatable bonds is 2. The van der Waals surface area contributed by atoms with Crippen molar-refractivity contribution in [3.8, 4) is 11.3 Å². The molecule has 0 bridgehead atoms. The zero-order chi connectivity index (χ0) is 15.3. The number of aromatic nitrogens is 2. The van der Waals surface area contributed by atoms with Crippen molar-refractivity contribution in [1.82, 2.24) is 9.55 Å². The van der Waals surface area contributed by atoms with E-state index in [9.17, 15) is 4.39 Å². The summed E-state index contributed by atoms with van der Waals surface area (Å²) in [6.07, 6.45) is 8.56. The highest BCUT2D eigenvalue weighted by Gasteiger charge is 2.44. The summed E-state index contributed by atoms with van der Waals surface area (Å²) in [5.41, 5.74) is 8.78. The average Bonchev–Trinajstić information content (AvgIpc) is 2.99. The van der Waals surface area contributed by atoms with Crippen molar-refractivity contribution >= 4 is 11.8 Å². The minimum Gasteiger partial charge on any atom is -0.325 e. The molecule has 3 nitrogen and oxygen atoms in total. The molecule has 1 aliphatic heterocycles. The number of thioether (sulfide) groups is 1. The maximum atomic E-state index is 13.1. The topological polar surface area (TPSA) is 43.8 Å². The van der Waals surface area contributed by atoms with Crippen LogP contribution in [0.2, 0.25) is 0 Å². The fourth-order valence-electron chi connectivity index (χ4n) is 3.18. The first-order valence-electron chi connectivity index (χ1n) is 7.24. The molecule has 1 aliphatic carbocycles. The van der Waals surface area contributed by atoms with E-state index in [1.807, 2.05) is 0 Å². The summed E-state index contributed by atoms with van der Waals surface area (Å²) in [6, 6.07) is 6.65. The summed E-state index contributed by atoms with van der Waals surface area (Å²) in [4.78, 5) is 4.79. The monoisotopic (exact) mass is 313 g/mol. The Hall–Kier alpha value is -1.85. The third-order valence-corrected chi connectivity index (χ3v) is 5.58. The standard InChI is InChI=1S/C17H16FN3S/c1-17-9-3-2-4-14(17)21-13(10-19)15(20-16(21)22-17)11-5-7-12(18)8-6-11/h2-9,14H,10,19H2,1H3. The van der Waals surface area contributed by atoms with Crippen molar-refractivity contribution < 1.29 is 4.39 Å². The number of allylic oxidation sites excluding steroid dienone is 3. The van der Waals surface area contributed by atoms with Gasteiger partial charge < -0.3 is 10.3 Å². The third kappa shape index (κ3) is 1.89. The van der Waals surface area contributed by atoms with Gasteiger partial charge in [-0.1, -0.05) is 36.1 Å². The molecule has 4 rings (SSSR count). The van der Waals surface area contributed by atoms with E-state index in [1.54, 1.807) is 23.9 Å². The molecule has 0 fully saturated rings. The maximum absolute atomic E-state index is 13.1. The van der Waals surface area contributed by atoms with Crippen LogP contribution in [0.1, 0.15) is 18.7 Å². The lowest BCUT2D eigenvalue weighted by Crippen LogP contribution is -2.27. The number of halogens is 1. The van der Waals surface area contributed by atoms with Crippen molar-refractivity contribution in [3.05, 3.63) is 60.1 Å². The molecule has 5 heteroatoms. The first kappa shape index (κ1) is 13.8. The van der Waals surface area contributed by atoms with Gasteiger partial charge in [0, 0.05) is 12.1 Å². The first-order valence-corrected chi connectivity index (χ1v) is 8.06. The van der Waals surface area contributed by atoms with Gasteiger partial charge in [0.25, 0.3) is 0 Å². The highest BCUT2D eigenvalue weighted by atomic mass is 32.2. The van der Waals surface area contributed by atoms with Gasteiger partial charge in [0.05, 0.1) is 22.2 Å². The second-order valence-corrected chi connectivity index (χ2v) is 7.19.